The van der Waals surface area contributed by atoms with Crippen molar-refractivity contribution in [2.45, 2.75) is 33.1 Å². The van der Waals surface area contributed by atoms with Gasteiger partial charge >= 0.3 is 5.97 Å². The Kier molecular flexibility index (Phi) is 4.31. The number of carboxylic acid groups (broad SMARTS) is 1. The van der Waals surface area contributed by atoms with Gasteiger partial charge in [0.1, 0.15) is 0 Å². The number of thiazole rings is 1. The molecular weight excluding hydrogens is 348 g/mol. The lowest BCUT2D eigenvalue weighted by Crippen LogP contribution is -2.37. The van der Waals surface area contributed by atoms with E-state index in [1.165, 1.54) is 11.3 Å². The van der Waals surface area contributed by atoms with E-state index in [4.69, 9.17) is 0 Å². The van der Waals surface area contributed by atoms with Gasteiger partial charge in [0, 0.05) is 10.9 Å². The van der Waals surface area contributed by atoms with E-state index in [0.29, 0.717) is 5.13 Å². The second kappa shape index (κ2) is 6.50. The van der Waals surface area contributed by atoms with Gasteiger partial charge in [0.25, 0.3) is 0 Å². The third-order valence-corrected chi connectivity index (χ3v) is 6.67. The van der Waals surface area contributed by atoms with Crippen LogP contribution < -0.4 is 5.32 Å². The van der Waals surface area contributed by atoms with E-state index in [2.05, 4.69) is 28.5 Å². The van der Waals surface area contributed by atoms with Crippen molar-refractivity contribution in [3.8, 4) is 11.3 Å². The normalized spacial score (nSPS) is 26.8. The van der Waals surface area contributed by atoms with Crippen molar-refractivity contribution in [1.29, 1.82) is 0 Å². The Morgan fingerprint density at radius 2 is 1.92 bits per heavy atom. The van der Waals surface area contributed by atoms with Gasteiger partial charge < -0.3 is 10.4 Å². The highest BCUT2D eigenvalue weighted by Gasteiger charge is 2.54. The van der Waals surface area contributed by atoms with E-state index in [9.17, 15) is 14.7 Å². The highest BCUT2D eigenvalue weighted by Crippen LogP contribution is 2.52. The molecule has 1 heterocycles. The Bertz CT molecular complexity index is 876. The summed E-state index contributed by atoms with van der Waals surface area (Å²) in [5.41, 5.74) is 4.20. The number of benzene rings is 1. The van der Waals surface area contributed by atoms with Crippen LogP contribution in [0.3, 0.4) is 0 Å². The van der Waals surface area contributed by atoms with Crippen molar-refractivity contribution in [3.63, 3.8) is 0 Å². The average Bonchev–Trinajstić information content (AvgIpc) is 3.32. The fourth-order valence-electron chi connectivity index (χ4n) is 4.68. The van der Waals surface area contributed by atoms with Crippen LogP contribution in [0.25, 0.3) is 11.3 Å². The summed E-state index contributed by atoms with van der Waals surface area (Å²) in [4.78, 5) is 29.0. The summed E-state index contributed by atoms with van der Waals surface area (Å²) in [5, 5.41) is 14.9. The molecule has 1 aromatic heterocycles. The number of aromatic nitrogens is 1. The average molecular weight is 370 g/mol. The zero-order valence-corrected chi connectivity index (χ0v) is 15.7. The van der Waals surface area contributed by atoms with Crippen LogP contribution in [0.15, 0.2) is 23.6 Å². The number of carbonyl (C=O) groups is 2. The molecule has 136 valence electrons. The molecule has 1 aromatic carbocycles. The standard InChI is InChI=1S/C20H22N2O3S/c1-10-3-4-11(2)14(7-10)15-9-26-20(21-15)22-18(23)16-12-5-6-13(8-12)17(16)19(24)25/h3-4,7,9,12-13,16-17H,5-6,8H2,1-2H3,(H,24,25)(H,21,22,23)/t12-,13+,16-,17+/m1/s1. The molecule has 4 rings (SSSR count). The Balaban J connectivity index is 1.53. The van der Waals surface area contributed by atoms with Crippen LogP contribution in [0, 0.1) is 37.5 Å². The predicted molar refractivity (Wildman–Crippen MR) is 101 cm³/mol. The summed E-state index contributed by atoms with van der Waals surface area (Å²) in [7, 11) is 0. The highest BCUT2D eigenvalue weighted by atomic mass is 32.1. The summed E-state index contributed by atoms with van der Waals surface area (Å²) in [5.74, 6) is -1.67. The fraction of sp³-hybridized carbons (Fsp3) is 0.450. The van der Waals surface area contributed by atoms with E-state index >= 15 is 0 Å². The van der Waals surface area contributed by atoms with Crippen LogP contribution in [0.5, 0.6) is 0 Å². The Morgan fingerprint density at radius 3 is 2.65 bits per heavy atom. The molecule has 0 radical (unpaired) electrons. The summed E-state index contributed by atoms with van der Waals surface area (Å²) >= 11 is 1.39. The first-order valence-electron chi connectivity index (χ1n) is 9.01. The van der Waals surface area contributed by atoms with Gasteiger partial charge in [-0.1, -0.05) is 17.7 Å². The lowest BCUT2D eigenvalue weighted by molar-refractivity contribution is -0.148. The first-order valence-corrected chi connectivity index (χ1v) is 9.89. The molecule has 0 unspecified atom stereocenters. The van der Waals surface area contributed by atoms with E-state index in [-0.39, 0.29) is 17.7 Å². The summed E-state index contributed by atoms with van der Waals surface area (Å²) in [6.07, 6.45) is 2.75. The lowest BCUT2D eigenvalue weighted by atomic mass is 9.79. The highest BCUT2D eigenvalue weighted by molar-refractivity contribution is 7.14. The third kappa shape index (κ3) is 2.92. The predicted octanol–water partition coefficient (Wildman–Crippen LogP) is 4.11. The molecule has 2 fully saturated rings. The molecule has 1 amide bonds. The molecule has 2 N–H and O–H groups in total. The van der Waals surface area contributed by atoms with E-state index in [1.54, 1.807) is 0 Å². The minimum Gasteiger partial charge on any atom is -0.481 e. The summed E-state index contributed by atoms with van der Waals surface area (Å²) in [6.45, 7) is 4.08. The first kappa shape index (κ1) is 17.2. The Labute approximate surface area is 156 Å². The van der Waals surface area contributed by atoms with Crippen LogP contribution in [0.2, 0.25) is 0 Å². The third-order valence-electron chi connectivity index (χ3n) is 5.91. The maximum absolute atomic E-state index is 12.8. The molecule has 2 bridgehead atoms. The van der Waals surface area contributed by atoms with Crippen molar-refractivity contribution in [3.05, 3.63) is 34.7 Å². The van der Waals surface area contributed by atoms with Gasteiger partial charge in [-0.25, -0.2) is 4.98 Å². The van der Waals surface area contributed by atoms with Gasteiger partial charge in [-0.3, -0.25) is 9.59 Å². The smallest absolute Gasteiger partial charge is 0.307 e. The number of fused-ring (bicyclic) bond motifs is 2. The number of carboxylic acids is 1. The first-order chi connectivity index (χ1) is 12.4. The van der Waals surface area contributed by atoms with Crippen molar-refractivity contribution in [2.24, 2.45) is 23.7 Å². The molecule has 2 aromatic rings. The molecule has 26 heavy (non-hydrogen) atoms. The minimum atomic E-state index is -0.840. The van der Waals surface area contributed by atoms with Gasteiger partial charge in [0.15, 0.2) is 5.13 Å². The zero-order valence-electron chi connectivity index (χ0n) is 14.9. The van der Waals surface area contributed by atoms with Crippen LogP contribution in [-0.2, 0) is 9.59 Å². The molecule has 4 atom stereocenters. The maximum Gasteiger partial charge on any atom is 0.307 e. The molecule has 5 nitrogen and oxygen atoms in total. The molecule has 0 spiro atoms. The topological polar surface area (TPSA) is 79.3 Å². The Hall–Kier alpha value is -2.21. The molecule has 6 heteroatoms. The van der Waals surface area contributed by atoms with E-state index < -0.39 is 17.8 Å². The number of nitrogens with one attached hydrogen (secondary N) is 1. The molecular formula is C20H22N2O3S. The number of carbonyl (C=O) groups excluding carboxylic acids is 1. The van der Waals surface area contributed by atoms with Crippen LogP contribution in [0.1, 0.15) is 30.4 Å². The number of hydrogen-bond donors (Lipinski definition) is 2. The second-order valence-electron chi connectivity index (χ2n) is 7.57. The zero-order chi connectivity index (χ0) is 18.4. The van der Waals surface area contributed by atoms with Gasteiger partial charge in [-0.2, -0.15) is 0 Å². The van der Waals surface area contributed by atoms with Gasteiger partial charge in [0.2, 0.25) is 5.91 Å². The van der Waals surface area contributed by atoms with E-state index in [0.717, 1.165) is 41.6 Å². The number of amides is 1. The van der Waals surface area contributed by atoms with Gasteiger partial charge in [0.05, 0.1) is 17.5 Å². The number of hydrogen-bond acceptors (Lipinski definition) is 4. The molecule has 0 saturated heterocycles. The SMILES string of the molecule is Cc1ccc(C)c(-c2csc(NC(=O)[C@@H]3[C@@H]4CC[C@@H](C4)[C@@H]3C(=O)O)n2)c1. The molecule has 2 aliphatic carbocycles. The number of nitrogens with zero attached hydrogens (tertiary/aromatic N) is 1. The van der Waals surface area contributed by atoms with Crippen LogP contribution >= 0.6 is 11.3 Å². The number of aliphatic carboxylic acids is 1. The number of anilines is 1. The van der Waals surface area contributed by atoms with Crippen molar-refractivity contribution >= 4 is 28.3 Å². The Morgan fingerprint density at radius 1 is 1.19 bits per heavy atom. The largest absolute Gasteiger partial charge is 0.481 e. The monoisotopic (exact) mass is 370 g/mol. The second-order valence-corrected chi connectivity index (χ2v) is 8.43. The number of rotatable bonds is 4. The van der Waals surface area contributed by atoms with Crippen LogP contribution in [-0.4, -0.2) is 22.0 Å². The van der Waals surface area contributed by atoms with Gasteiger partial charge in [-0.05, 0) is 56.6 Å². The van der Waals surface area contributed by atoms with Gasteiger partial charge in [-0.15, -0.1) is 11.3 Å². The summed E-state index contributed by atoms with van der Waals surface area (Å²) in [6, 6.07) is 6.22. The van der Waals surface area contributed by atoms with Crippen molar-refractivity contribution < 1.29 is 14.7 Å². The quantitative estimate of drug-likeness (QED) is 0.849. The van der Waals surface area contributed by atoms with Crippen molar-refractivity contribution in [2.75, 3.05) is 5.32 Å². The van der Waals surface area contributed by atoms with Crippen LogP contribution in [0.4, 0.5) is 5.13 Å². The molecule has 2 aliphatic rings. The maximum atomic E-state index is 12.8. The summed E-state index contributed by atoms with van der Waals surface area (Å²) < 4.78 is 0. The molecule has 0 aliphatic heterocycles. The lowest BCUT2D eigenvalue weighted by Gasteiger charge is -2.26. The fourth-order valence-corrected chi connectivity index (χ4v) is 5.39. The minimum absolute atomic E-state index is 0.148. The van der Waals surface area contributed by atoms with E-state index in [1.807, 2.05) is 19.2 Å². The number of aryl methyl sites for hydroxylation is 2. The molecule has 2 saturated carbocycles. The van der Waals surface area contributed by atoms with Crippen molar-refractivity contribution in [1.82, 2.24) is 4.98 Å².